The van der Waals surface area contributed by atoms with Gasteiger partial charge in [0.25, 0.3) is 5.56 Å². The minimum absolute atomic E-state index is 0.114. The van der Waals surface area contributed by atoms with Crippen molar-refractivity contribution in [3.63, 3.8) is 0 Å². The number of halogens is 1. The third-order valence-electron chi connectivity index (χ3n) is 3.06. The van der Waals surface area contributed by atoms with Crippen LogP contribution >= 0.6 is 34.4 Å². The predicted molar refractivity (Wildman–Crippen MR) is 95.1 cm³/mol. The minimum Gasteiger partial charge on any atom is -0.469 e. The van der Waals surface area contributed by atoms with Crippen molar-refractivity contribution >= 4 is 34.4 Å². The van der Waals surface area contributed by atoms with E-state index in [9.17, 15) is 4.79 Å². The number of benzene rings is 1. The Morgan fingerprint density at radius 1 is 1.27 bits per heavy atom. The number of nitrogens with zero attached hydrogens (tertiary/aromatic N) is 1. The van der Waals surface area contributed by atoms with Crippen LogP contribution in [0.25, 0.3) is 0 Å². The molecule has 0 amide bonds. The molecule has 0 aliphatic rings. The maximum atomic E-state index is 12.1. The summed E-state index contributed by atoms with van der Waals surface area (Å²) in [5, 5.41) is 0.632. The van der Waals surface area contributed by atoms with E-state index in [0.717, 1.165) is 11.5 Å². The second-order valence-corrected chi connectivity index (χ2v) is 6.93. The van der Waals surface area contributed by atoms with Crippen molar-refractivity contribution in [2.75, 3.05) is 0 Å². The highest BCUT2D eigenvalue weighted by Gasteiger charge is 2.06. The molecule has 0 aliphatic carbocycles. The summed E-state index contributed by atoms with van der Waals surface area (Å²) in [7, 11) is 0. The zero-order valence-electron chi connectivity index (χ0n) is 11.6. The highest BCUT2D eigenvalue weighted by atomic mass is 127. The Balaban J connectivity index is 1.68. The molecule has 0 saturated heterocycles. The Morgan fingerprint density at radius 3 is 2.91 bits per heavy atom. The molecular formula is C16H13IN2O2S. The summed E-state index contributed by atoms with van der Waals surface area (Å²) < 4.78 is 6.45. The Bertz CT molecular complexity index is 815. The van der Waals surface area contributed by atoms with Crippen molar-refractivity contribution < 1.29 is 4.42 Å². The summed E-state index contributed by atoms with van der Waals surface area (Å²) in [6.45, 7) is 0. The van der Waals surface area contributed by atoms with Crippen molar-refractivity contribution in [1.29, 1.82) is 0 Å². The number of aromatic nitrogens is 2. The van der Waals surface area contributed by atoms with Crippen molar-refractivity contribution in [2.45, 2.75) is 17.3 Å². The van der Waals surface area contributed by atoms with Crippen LogP contribution in [0.5, 0.6) is 0 Å². The van der Waals surface area contributed by atoms with E-state index in [1.54, 1.807) is 12.5 Å². The molecular weight excluding hydrogens is 411 g/mol. The minimum atomic E-state index is -0.114. The molecule has 0 bridgehead atoms. The topological polar surface area (TPSA) is 58.9 Å². The summed E-state index contributed by atoms with van der Waals surface area (Å²) >= 11 is 3.81. The molecule has 0 unspecified atom stereocenters. The number of hydrogen-bond acceptors (Lipinski definition) is 4. The zero-order valence-corrected chi connectivity index (χ0v) is 14.6. The Hall–Kier alpha value is -1.54. The van der Waals surface area contributed by atoms with E-state index in [1.807, 2.05) is 18.2 Å². The number of thioether (sulfide) groups is 1. The fraction of sp³-hybridized carbons (Fsp3) is 0.125. The van der Waals surface area contributed by atoms with Crippen LogP contribution in [0.2, 0.25) is 0 Å². The number of rotatable bonds is 5. The summed E-state index contributed by atoms with van der Waals surface area (Å²) in [5.74, 6) is 1.53. The molecule has 1 N–H and O–H groups in total. The van der Waals surface area contributed by atoms with Crippen LogP contribution in [0.3, 0.4) is 0 Å². The van der Waals surface area contributed by atoms with Gasteiger partial charge in [-0.1, -0.05) is 23.9 Å². The molecule has 112 valence electrons. The molecule has 4 nitrogen and oxygen atoms in total. The Kier molecular flexibility index (Phi) is 4.99. The first-order chi connectivity index (χ1) is 10.7. The lowest BCUT2D eigenvalue weighted by Crippen LogP contribution is -2.14. The van der Waals surface area contributed by atoms with Gasteiger partial charge in [-0.3, -0.25) is 4.79 Å². The molecule has 2 heterocycles. The number of H-pyrrole nitrogens is 1. The standard InChI is InChI=1S/C16H13IN2O2S/c17-13-4-1-3-11(7-13)10-22-16-18-9-12(15(20)19-16)8-14-5-2-6-21-14/h1-7,9H,8,10H2,(H,18,19,20). The predicted octanol–water partition coefficient (Wildman–Crippen LogP) is 3.85. The van der Waals surface area contributed by atoms with Gasteiger partial charge in [0.15, 0.2) is 5.16 Å². The fourth-order valence-electron chi connectivity index (χ4n) is 1.98. The van der Waals surface area contributed by atoms with E-state index in [1.165, 1.54) is 20.9 Å². The van der Waals surface area contributed by atoms with Gasteiger partial charge in [0.1, 0.15) is 5.76 Å². The summed E-state index contributed by atoms with van der Waals surface area (Å²) in [5.41, 5.74) is 1.70. The van der Waals surface area contributed by atoms with Crippen LogP contribution in [0.4, 0.5) is 0 Å². The van der Waals surface area contributed by atoms with Gasteiger partial charge in [-0.2, -0.15) is 0 Å². The van der Waals surface area contributed by atoms with Crippen molar-refractivity contribution in [1.82, 2.24) is 9.97 Å². The van der Waals surface area contributed by atoms with E-state index in [0.29, 0.717) is 17.1 Å². The fourth-order valence-corrected chi connectivity index (χ4v) is 3.37. The second-order valence-electron chi connectivity index (χ2n) is 4.72. The van der Waals surface area contributed by atoms with Crippen LogP contribution in [-0.4, -0.2) is 9.97 Å². The van der Waals surface area contributed by atoms with Crippen LogP contribution in [0, 0.1) is 3.57 Å². The number of aromatic amines is 1. The van der Waals surface area contributed by atoms with E-state index < -0.39 is 0 Å². The van der Waals surface area contributed by atoms with Crippen LogP contribution in [0.15, 0.2) is 63.2 Å². The highest BCUT2D eigenvalue weighted by molar-refractivity contribution is 14.1. The second kappa shape index (κ2) is 7.15. The first kappa shape index (κ1) is 15.4. The van der Waals surface area contributed by atoms with Crippen molar-refractivity contribution in [3.05, 3.63) is 79.7 Å². The van der Waals surface area contributed by atoms with Gasteiger partial charge >= 0.3 is 0 Å². The van der Waals surface area contributed by atoms with E-state index in [4.69, 9.17) is 4.42 Å². The van der Waals surface area contributed by atoms with Gasteiger partial charge in [0, 0.05) is 27.5 Å². The molecule has 6 heteroatoms. The van der Waals surface area contributed by atoms with E-state index >= 15 is 0 Å². The normalized spacial score (nSPS) is 10.8. The first-order valence-corrected chi connectivity index (χ1v) is 8.75. The van der Waals surface area contributed by atoms with Gasteiger partial charge in [-0.25, -0.2) is 4.98 Å². The van der Waals surface area contributed by atoms with Gasteiger partial charge in [0.05, 0.1) is 6.26 Å². The molecule has 3 aromatic rings. The van der Waals surface area contributed by atoms with Crippen molar-refractivity contribution in [2.24, 2.45) is 0 Å². The first-order valence-electron chi connectivity index (χ1n) is 6.68. The lowest BCUT2D eigenvalue weighted by molar-refractivity contribution is 0.519. The van der Waals surface area contributed by atoms with Gasteiger partial charge in [-0.05, 0) is 52.4 Å². The molecule has 2 aromatic heterocycles. The molecule has 0 aliphatic heterocycles. The lowest BCUT2D eigenvalue weighted by Gasteiger charge is -2.03. The largest absolute Gasteiger partial charge is 0.469 e. The molecule has 3 rings (SSSR count). The summed E-state index contributed by atoms with van der Waals surface area (Å²) in [6.07, 6.45) is 3.68. The SMILES string of the molecule is O=c1[nH]c(SCc2cccc(I)c2)ncc1Cc1ccco1. The number of furan rings is 1. The maximum absolute atomic E-state index is 12.1. The number of nitrogens with one attached hydrogen (secondary N) is 1. The van der Waals surface area contributed by atoms with Crippen LogP contribution in [0.1, 0.15) is 16.9 Å². The third kappa shape index (κ3) is 4.01. The molecule has 0 fully saturated rings. The highest BCUT2D eigenvalue weighted by Crippen LogP contribution is 2.19. The van der Waals surface area contributed by atoms with Gasteiger partial charge in [-0.15, -0.1) is 0 Å². The van der Waals surface area contributed by atoms with E-state index in [2.05, 4.69) is 50.8 Å². The zero-order chi connectivity index (χ0) is 15.4. The third-order valence-corrected chi connectivity index (χ3v) is 4.69. The maximum Gasteiger partial charge on any atom is 0.255 e. The van der Waals surface area contributed by atoms with E-state index in [-0.39, 0.29) is 5.56 Å². The van der Waals surface area contributed by atoms with Crippen LogP contribution < -0.4 is 5.56 Å². The molecule has 1 aromatic carbocycles. The molecule has 0 saturated carbocycles. The molecule has 0 radical (unpaired) electrons. The Morgan fingerprint density at radius 2 is 2.18 bits per heavy atom. The quantitative estimate of drug-likeness (QED) is 0.384. The molecule has 0 atom stereocenters. The van der Waals surface area contributed by atoms with Gasteiger partial charge < -0.3 is 9.40 Å². The van der Waals surface area contributed by atoms with Crippen LogP contribution in [-0.2, 0) is 12.2 Å². The average molecular weight is 424 g/mol. The number of hydrogen-bond donors (Lipinski definition) is 1. The van der Waals surface area contributed by atoms with Gasteiger partial charge in [0.2, 0.25) is 0 Å². The molecule has 22 heavy (non-hydrogen) atoms. The molecule has 0 spiro atoms. The summed E-state index contributed by atoms with van der Waals surface area (Å²) in [4.78, 5) is 19.2. The monoisotopic (exact) mass is 424 g/mol. The Labute approximate surface area is 145 Å². The smallest absolute Gasteiger partial charge is 0.255 e. The van der Waals surface area contributed by atoms with Crippen molar-refractivity contribution in [3.8, 4) is 0 Å². The lowest BCUT2D eigenvalue weighted by atomic mass is 10.2. The average Bonchev–Trinajstić information content (AvgIpc) is 3.01. The summed E-state index contributed by atoms with van der Waals surface area (Å²) in [6, 6.07) is 11.9.